The molecule has 2 amide bonds. The van der Waals surface area contributed by atoms with Crippen LogP contribution in [0.15, 0.2) is 66.7 Å². The van der Waals surface area contributed by atoms with Crippen LogP contribution in [0, 0.1) is 23.7 Å². The maximum Gasteiger partial charge on any atom is 0.233 e. The molecule has 1 aliphatic carbocycles. The zero-order valence-electron chi connectivity index (χ0n) is 23.9. The van der Waals surface area contributed by atoms with Crippen LogP contribution >= 0.6 is 0 Å². The third-order valence-electron chi connectivity index (χ3n) is 10.2. The first-order valence-electron chi connectivity index (χ1n) is 15.1. The van der Waals surface area contributed by atoms with E-state index in [2.05, 4.69) is 17.0 Å². The maximum atomic E-state index is 14.1. The number of hydrogen-bond acceptors (Lipinski definition) is 7. The number of phenols is 1. The van der Waals surface area contributed by atoms with E-state index in [4.69, 9.17) is 9.47 Å². The molecular weight excluding hydrogens is 532 g/mol. The van der Waals surface area contributed by atoms with Gasteiger partial charge in [-0.05, 0) is 48.3 Å². The summed E-state index contributed by atoms with van der Waals surface area (Å²) in [5, 5.41) is 24.1. The molecular formula is C34H38N2O6. The second kappa shape index (κ2) is 10.8. The fourth-order valence-electron chi connectivity index (χ4n) is 8.22. The first-order valence-corrected chi connectivity index (χ1v) is 15.1. The standard InChI is InChI=1S/C34H38N2O6/c1-41-20-22-17-27-31(28-18-30(42-34(22,28)40)26-11-12-29(37)25-10-6-5-9-24(25)26)33(39)36(32(27)38)23-13-15-35(16-14-23)19-21-7-3-2-4-8-21/h2-12,22-23,27-28,30-31,37,40H,13-20H2,1H3/t22-,27+,28+,30+,31+,34-/m1/s1. The second-order valence-corrected chi connectivity index (χ2v) is 12.5. The Bertz CT molecular complexity index is 1490. The number of aliphatic hydroxyl groups is 1. The number of nitrogens with zero attached hydrogens (tertiary/aromatic N) is 2. The van der Waals surface area contributed by atoms with Gasteiger partial charge in [0.2, 0.25) is 11.8 Å². The molecule has 0 bridgehead atoms. The van der Waals surface area contributed by atoms with Crippen molar-refractivity contribution in [1.82, 2.24) is 9.80 Å². The number of carbonyl (C=O) groups excluding carboxylic acids is 2. The van der Waals surface area contributed by atoms with E-state index < -0.39 is 35.6 Å². The van der Waals surface area contributed by atoms with E-state index in [0.29, 0.717) is 18.2 Å². The lowest BCUT2D eigenvalue weighted by molar-refractivity contribution is -0.275. The molecule has 3 saturated heterocycles. The smallest absolute Gasteiger partial charge is 0.233 e. The van der Waals surface area contributed by atoms with Crippen molar-refractivity contribution in [1.29, 1.82) is 0 Å². The summed E-state index contributed by atoms with van der Waals surface area (Å²) in [5.74, 6) is -3.75. The Morgan fingerprint density at radius 2 is 1.64 bits per heavy atom. The first kappa shape index (κ1) is 27.5. The number of fused-ring (bicyclic) bond motifs is 4. The van der Waals surface area contributed by atoms with Crippen LogP contribution in [-0.2, 0) is 25.6 Å². The van der Waals surface area contributed by atoms with E-state index in [0.717, 1.165) is 43.4 Å². The zero-order valence-corrected chi connectivity index (χ0v) is 23.9. The van der Waals surface area contributed by atoms with E-state index in [1.54, 1.807) is 18.1 Å². The van der Waals surface area contributed by atoms with Gasteiger partial charge in [0.1, 0.15) is 5.75 Å². The summed E-state index contributed by atoms with van der Waals surface area (Å²) >= 11 is 0. The topological polar surface area (TPSA) is 99.5 Å². The minimum atomic E-state index is -1.59. The Kier molecular flexibility index (Phi) is 7.05. The molecule has 220 valence electrons. The van der Waals surface area contributed by atoms with E-state index in [-0.39, 0.29) is 30.2 Å². The largest absolute Gasteiger partial charge is 0.507 e. The summed E-state index contributed by atoms with van der Waals surface area (Å²) in [6, 6.07) is 21.3. The third kappa shape index (κ3) is 4.43. The number of imide groups is 1. The molecule has 7 rings (SSSR count). The lowest BCUT2D eigenvalue weighted by Crippen LogP contribution is -2.54. The molecule has 0 radical (unpaired) electrons. The minimum absolute atomic E-state index is 0.104. The van der Waals surface area contributed by atoms with Crippen LogP contribution in [0.5, 0.6) is 5.75 Å². The molecule has 3 aromatic rings. The number of likely N-dealkylation sites (tertiary alicyclic amines) is 2. The van der Waals surface area contributed by atoms with Crippen molar-refractivity contribution in [2.45, 2.75) is 50.2 Å². The second-order valence-electron chi connectivity index (χ2n) is 12.5. The summed E-state index contributed by atoms with van der Waals surface area (Å²) in [7, 11) is 1.58. The third-order valence-corrected chi connectivity index (χ3v) is 10.2. The number of amides is 2. The van der Waals surface area contributed by atoms with Crippen molar-refractivity contribution in [3.8, 4) is 5.75 Å². The molecule has 0 unspecified atom stereocenters. The van der Waals surface area contributed by atoms with Crippen molar-refractivity contribution < 1.29 is 29.3 Å². The quantitative estimate of drug-likeness (QED) is 0.428. The van der Waals surface area contributed by atoms with Crippen molar-refractivity contribution in [3.05, 3.63) is 77.9 Å². The van der Waals surface area contributed by atoms with E-state index in [9.17, 15) is 19.8 Å². The van der Waals surface area contributed by atoms with Gasteiger partial charge in [-0.15, -0.1) is 0 Å². The summed E-state index contributed by atoms with van der Waals surface area (Å²) < 4.78 is 12.0. The predicted octanol–water partition coefficient (Wildman–Crippen LogP) is 4.24. The van der Waals surface area contributed by atoms with Gasteiger partial charge in [-0.1, -0.05) is 60.7 Å². The van der Waals surface area contributed by atoms with Crippen molar-refractivity contribution in [3.63, 3.8) is 0 Å². The van der Waals surface area contributed by atoms with Crippen LogP contribution in [0.2, 0.25) is 0 Å². The molecule has 3 aromatic carbocycles. The fourth-order valence-corrected chi connectivity index (χ4v) is 8.22. The SMILES string of the molecule is COC[C@H]1C[C@@H]2C(=O)N(C3CCN(Cc4ccccc4)CC3)C(=O)[C@@H]2[C@@H]2C[C@@H](c3ccc(O)c4ccccc34)O[C@]12O. The Labute approximate surface area is 245 Å². The molecule has 4 fully saturated rings. The molecule has 42 heavy (non-hydrogen) atoms. The van der Waals surface area contributed by atoms with Crippen LogP contribution in [0.25, 0.3) is 10.8 Å². The molecule has 0 spiro atoms. The Morgan fingerprint density at radius 3 is 2.38 bits per heavy atom. The van der Waals surface area contributed by atoms with Crippen molar-refractivity contribution >= 4 is 22.6 Å². The minimum Gasteiger partial charge on any atom is -0.507 e. The van der Waals surface area contributed by atoms with Crippen molar-refractivity contribution in [2.75, 3.05) is 26.8 Å². The number of rotatable bonds is 6. The van der Waals surface area contributed by atoms with Gasteiger partial charge < -0.3 is 19.7 Å². The summed E-state index contributed by atoms with van der Waals surface area (Å²) in [6.45, 7) is 2.74. The van der Waals surface area contributed by atoms with Gasteiger partial charge >= 0.3 is 0 Å². The molecule has 4 aliphatic rings. The van der Waals surface area contributed by atoms with Crippen LogP contribution in [0.4, 0.5) is 0 Å². The fraction of sp³-hybridized carbons (Fsp3) is 0.471. The summed E-state index contributed by atoms with van der Waals surface area (Å²) in [5.41, 5.74) is 2.12. The zero-order chi connectivity index (χ0) is 29.0. The lowest BCUT2D eigenvalue weighted by Gasteiger charge is -2.44. The van der Waals surface area contributed by atoms with Crippen LogP contribution in [-0.4, -0.2) is 70.5 Å². The number of aromatic hydroxyl groups is 1. The number of benzene rings is 3. The molecule has 3 aliphatic heterocycles. The average molecular weight is 571 g/mol. The van der Waals surface area contributed by atoms with Crippen molar-refractivity contribution in [2.24, 2.45) is 23.7 Å². The van der Waals surface area contributed by atoms with Gasteiger partial charge in [0, 0.05) is 50.0 Å². The summed E-state index contributed by atoms with van der Waals surface area (Å²) in [6.07, 6.45) is 1.77. The van der Waals surface area contributed by atoms with Gasteiger partial charge in [-0.2, -0.15) is 0 Å². The first-order chi connectivity index (χ1) is 20.4. The van der Waals surface area contributed by atoms with E-state index in [1.807, 2.05) is 48.5 Å². The Morgan fingerprint density at radius 1 is 0.929 bits per heavy atom. The Balaban J connectivity index is 1.14. The lowest BCUT2D eigenvalue weighted by atomic mass is 9.64. The highest BCUT2D eigenvalue weighted by atomic mass is 16.6. The van der Waals surface area contributed by atoms with Gasteiger partial charge in [-0.3, -0.25) is 19.4 Å². The van der Waals surface area contributed by atoms with Gasteiger partial charge in [0.25, 0.3) is 0 Å². The number of phenolic OH excluding ortho intramolecular Hbond substituents is 1. The summed E-state index contributed by atoms with van der Waals surface area (Å²) in [4.78, 5) is 32.0. The molecule has 8 nitrogen and oxygen atoms in total. The maximum absolute atomic E-state index is 14.1. The highest BCUT2D eigenvalue weighted by Gasteiger charge is 2.67. The van der Waals surface area contributed by atoms with E-state index >= 15 is 0 Å². The number of ether oxygens (including phenoxy) is 2. The highest BCUT2D eigenvalue weighted by Crippen LogP contribution is 2.59. The molecule has 1 saturated carbocycles. The van der Waals surface area contributed by atoms with Crippen LogP contribution in [0.1, 0.15) is 42.9 Å². The van der Waals surface area contributed by atoms with Gasteiger partial charge in [-0.25, -0.2) is 0 Å². The number of carbonyl (C=O) groups is 2. The average Bonchev–Trinajstić information content (AvgIpc) is 3.48. The van der Waals surface area contributed by atoms with Crippen LogP contribution < -0.4 is 0 Å². The normalized spacial score (nSPS) is 32.0. The Hall–Kier alpha value is -3.30. The van der Waals surface area contributed by atoms with Crippen LogP contribution in [0.3, 0.4) is 0 Å². The molecule has 0 aromatic heterocycles. The van der Waals surface area contributed by atoms with Gasteiger partial charge in [0.15, 0.2) is 5.79 Å². The molecule has 6 atom stereocenters. The molecule has 2 N–H and O–H groups in total. The predicted molar refractivity (Wildman–Crippen MR) is 156 cm³/mol. The highest BCUT2D eigenvalue weighted by molar-refractivity contribution is 6.06. The monoisotopic (exact) mass is 570 g/mol. The number of methoxy groups -OCH3 is 1. The molecule has 8 heteroatoms. The van der Waals surface area contributed by atoms with E-state index in [1.165, 1.54) is 5.56 Å². The molecule has 3 heterocycles. The van der Waals surface area contributed by atoms with Gasteiger partial charge in [0.05, 0.1) is 24.5 Å². The number of piperidine rings is 1. The number of hydrogen-bond donors (Lipinski definition) is 2.